The first-order valence-electron chi connectivity index (χ1n) is 3.58. The van der Waals surface area contributed by atoms with Crippen molar-refractivity contribution >= 4 is 0 Å². The average Bonchev–Trinajstić information content (AvgIpc) is 2.06. The lowest BCUT2D eigenvalue weighted by molar-refractivity contribution is -0.274. The van der Waals surface area contributed by atoms with Crippen LogP contribution in [0, 0.1) is 11.3 Å². The van der Waals surface area contributed by atoms with E-state index in [-0.39, 0.29) is 17.7 Å². The lowest BCUT2D eigenvalue weighted by atomic mass is 10.2. The van der Waals surface area contributed by atoms with E-state index in [9.17, 15) is 13.2 Å². The topological polar surface area (TPSA) is 45.9 Å². The van der Waals surface area contributed by atoms with E-state index in [1.807, 2.05) is 0 Å². The highest BCUT2D eigenvalue weighted by Crippen LogP contribution is 2.25. The summed E-state index contributed by atoms with van der Waals surface area (Å²) >= 11 is 0. The zero-order valence-electron chi connectivity index (χ0n) is 6.88. The third-order valence-corrected chi connectivity index (χ3v) is 1.35. The number of rotatable bonds is 2. The predicted molar refractivity (Wildman–Crippen MR) is 40.2 cm³/mol. The first-order valence-corrected chi connectivity index (χ1v) is 3.58. The van der Waals surface area contributed by atoms with Gasteiger partial charge in [-0.05, 0) is 6.07 Å². The molecular formula is C8H5F3N2O. The zero-order chi connectivity index (χ0) is 10.6. The van der Waals surface area contributed by atoms with Crippen LogP contribution < -0.4 is 4.74 Å². The Morgan fingerprint density at radius 3 is 2.79 bits per heavy atom. The molecule has 0 bridgehead atoms. The van der Waals surface area contributed by atoms with Gasteiger partial charge < -0.3 is 4.74 Å². The van der Waals surface area contributed by atoms with Crippen LogP contribution in [-0.2, 0) is 6.42 Å². The Morgan fingerprint density at radius 1 is 1.50 bits per heavy atom. The first-order chi connectivity index (χ1) is 6.53. The number of ether oxygens (including phenoxy) is 1. The van der Waals surface area contributed by atoms with Crippen LogP contribution in [0.25, 0.3) is 0 Å². The van der Waals surface area contributed by atoms with E-state index in [2.05, 4.69) is 9.72 Å². The SMILES string of the molecule is N#CCc1cnccc1OC(F)(F)F. The summed E-state index contributed by atoms with van der Waals surface area (Å²) in [5.74, 6) is -0.381. The molecule has 0 aliphatic carbocycles. The maximum absolute atomic E-state index is 11.8. The Morgan fingerprint density at radius 2 is 2.21 bits per heavy atom. The highest BCUT2D eigenvalue weighted by atomic mass is 19.4. The molecule has 0 aromatic carbocycles. The summed E-state index contributed by atoms with van der Waals surface area (Å²) in [6.07, 6.45) is -2.57. The summed E-state index contributed by atoms with van der Waals surface area (Å²) in [6, 6.07) is 2.79. The zero-order valence-corrected chi connectivity index (χ0v) is 6.88. The molecule has 0 saturated heterocycles. The second kappa shape index (κ2) is 3.96. The van der Waals surface area contributed by atoms with E-state index in [0.29, 0.717) is 0 Å². The van der Waals surface area contributed by atoms with Crippen LogP contribution in [0.3, 0.4) is 0 Å². The van der Waals surface area contributed by atoms with Gasteiger partial charge in [0.05, 0.1) is 12.5 Å². The number of aromatic nitrogens is 1. The molecule has 0 N–H and O–H groups in total. The van der Waals surface area contributed by atoms with Crippen molar-refractivity contribution in [3.8, 4) is 11.8 Å². The summed E-state index contributed by atoms with van der Waals surface area (Å²) in [5, 5.41) is 8.33. The second-order valence-corrected chi connectivity index (χ2v) is 2.37. The summed E-state index contributed by atoms with van der Waals surface area (Å²) in [7, 11) is 0. The summed E-state index contributed by atoms with van der Waals surface area (Å²) in [6.45, 7) is 0. The fraction of sp³-hybridized carbons (Fsp3) is 0.250. The summed E-state index contributed by atoms with van der Waals surface area (Å²) < 4.78 is 39.2. The highest BCUT2D eigenvalue weighted by Gasteiger charge is 2.31. The first kappa shape index (κ1) is 10.3. The average molecular weight is 202 g/mol. The van der Waals surface area contributed by atoms with Gasteiger partial charge in [-0.2, -0.15) is 5.26 Å². The van der Waals surface area contributed by atoms with Crippen molar-refractivity contribution in [2.24, 2.45) is 0 Å². The molecule has 3 nitrogen and oxygen atoms in total. The van der Waals surface area contributed by atoms with Crippen molar-refractivity contribution in [3.05, 3.63) is 24.0 Å². The molecule has 1 heterocycles. The van der Waals surface area contributed by atoms with E-state index in [1.54, 1.807) is 6.07 Å². The van der Waals surface area contributed by atoms with Crippen molar-refractivity contribution in [3.63, 3.8) is 0 Å². The van der Waals surface area contributed by atoms with Crippen LogP contribution in [0.5, 0.6) is 5.75 Å². The van der Waals surface area contributed by atoms with E-state index in [4.69, 9.17) is 5.26 Å². The molecule has 1 aromatic heterocycles. The minimum absolute atomic E-state index is 0.118. The van der Waals surface area contributed by atoms with Crippen LogP contribution >= 0.6 is 0 Å². The molecule has 0 amide bonds. The summed E-state index contributed by atoms with van der Waals surface area (Å²) in [5.41, 5.74) is 0.118. The largest absolute Gasteiger partial charge is 0.573 e. The molecular weight excluding hydrogens is 197 g/mol. The van der Waals surface area contributed by atoms with Gasteiger partial charge in [0, 0.05) is 18.0 Å². The van der Waals surface area contributed by atoms with E-state index < -0.39 is 6.36 Å². The molecule has 0 radical (unpaired) electrons. The van der Waals surface area contributed by atoms with Crippen LogP contribution in [0.1, 0.15) is 5.56 Å². The van der Waals surface area contributed by atoms with Crippen molar-refractivity contribution in [1.29, 1.82) is 5.26 Å². The lowest BCUT2D eigenvalue weighted by Crippen LogP contribution is -2.18. The molecule has 0 aliphatic rings. The smallest absolute Gasteiger partial charge is 0.405 e. The quantitative estimate of drug-likeness (QED) is 0.737. The number of hydrogen-bond donors (Lipinski definition) is 0. The fourth-order valence-electron chi connectivity index (χ4n) is 0.857. The van der Waals surface area contributed by atoms with E-state index >= 15 is 0 Å². The van der Waals surface area contributed by atoms with Gasteiger partial charge in [-0.15, -0.1) is 13.2 Å². The third-order valence-electron chi connectivity index (χ3n) is 1.35. The van der Waals surface area contributed by atoms with Crippen LogP contribution in [-0.4, -0.2) is 11.3 Å². The fourth-order valence-corrected chi connectivity index (χ4v) is 0.857. The lowest BCUT2D eigenvalue weighted by Gasteiger charge is -2.10. The highest BCUT2D eigenvalue weighted by molar-refractivity contribution is 5.32. The molecule has 0 aliphatic heterocycles. The van der Waals surface area contributed by atoms with E-state index in [0.717, 1.165) is 6.07 Å². The number of nitriles is 1. The van der Waals surface area contributed by atoms with Crippen molar-refractivity contribution in [1.82, 2.24) is 4.98 Å². The Bertz CT molecular complexity index is 356. The monoisotopic (exact) mass is 202 g/mol. The maximum Gasteiger partial charge on any atom is 0.573 e. The van der Waals surface area contributed by atoms with E-state index in [1.165, 1.54) is 12.4 Å². The Hall–Kier alpha value is -1.77. The van der Waals surface area contributed by atoms with Gasteiger partial charge in [0.25, 0.3) is 0 Å². The van der Waals surface area contributed by atoms with Crippen LogP contribution in [0.4, 0.5) is 13.2 Å². The molecule has 6 heteroatoms. The Labute approximate surface area is 77.7 Å². The predicted octanol–water partition coefficient (Wildman–Crippen LogP) is 2.05. The summed E-state index contributed by atoms with van der Waals surface area (Å²) in [4.78, 5) is 3.60. The molecule has 14 heavy (non-hydrogen) atoms. The standard InChI is InChI=1S/C8H5F3N2O/c9-8(10,11)14-7-2-4-13-5-6(7)1-3-12/h2,4-5H,1H2. The van der Waals surface area contributed by atoms with Crippen LogP contribution in [0.15, 0.2) is 18.5 Å². The molecule has 1 aromatic rings. The third kappa shape index (κ3) is 2.94. The Balaban J connectivity index is 2.91. The second-order valence-electron chi connectivity index (χ2n) is 2.37. The van der Waals surface area contributed by atoms with Gasteiger partial charge in [0.1, 0.15) is 5.75 Å². The van der Waals surface area contributed by atoms with Gasteiger partial charge in [-0.1, -0.05) is 0 Å². The number of halogens is 3. The minimum Gasteiger partial charge on any atom is -0.405 e. The van der Waals surface area contributed by atoms with Crippen molar-refractivity contribution in [2.75, 3.05) is 0 Å². The molecule has 0 spiro atoms. The van der Waals surface area contributed by atoms with Crippen LogP contribution in [0.2, 0.25) is 0 Å². The van der Waals surface area contributed by atoms with Gasteiger partial charge >= 0.3 is 6.36 Å². The number of nitrogens with zero attached hydrogens (tertiary/aromatic N) is 2. The van der Waals surface area contributed by atoms with Gasteiger partial charge in [-0.25, -0.2) is 0 Å². The van der Waals surface area contributed by atoms with Crippen molar-refractivity contribution in [2.45, 2.75) is 12.8 Å². The molecule has 0 atom stereocenters. The Kier molecular flexibility index (Phi) is 2.92. The number of hydrogen-bond acceptors (Lipinski definition) is 3. The number of pyridine rings is 1. The van der Waals surface area contributed by atoms with Gasteiger partial charge in [0.15, 0.2) is 0 Å². The molecule has 0 fully saturated rings. The van der Waals surface area contributed by atoms with Crippen molar-refractivity contribution < 1.29 is 17.9 Å². The molecule has 74 valence electrons. The van der Waals surface area contributed by atoms with Gasteiger partial charge in [0.2, 0.25) is 0 Å². The normalized spacial score (nSPS) is 10.7. The molecule has 0 unspecified atom stereocenters. The number of alkyl halides is 3. The van der Waals surface area contributed by atoms with Gasteiger partial charge in [-0.3, -0.25) is 4.98 Å². The maximum atomic E-state index is 11.8. The minimum atomic E-state index is -4.74. The molecule has 0 saturated carbocycles. The molecule has 1 rings (SSSR count).